The molecule has 0 bridgehead atoms. The highest BCUT2D eigenvalue weighted by Gasteiger charge is 2.25. The van der Waals surface area contributed by atoms with Gasteiger partial charge in [-0.25, -0.2) is 9.48 Å². The van der Waals surface area contributed by atoms with Gasteiger partial charge in [-0.1, -0.05) is 5.21 Å². The summed E-state index contributed by atoms with van der Waals surface area (Å²) in [6.45, 7) is 6.94. The second-order valence-electron chi connectivity index (χ2n) is 6.07. The molecule has 2 N–H and O–H groups in total. The third-order valence-corrected chi connectivity index (χ3v) is 3.47. The van der Waals surface area contributed by atoms with Crippen molar-refractivity contribution in [3.63, 3.8) is 0 Å². The van der Waals surface area contributed by atoms with Crippen LogP contribution in [0.5, 0.6) is 0 Å². The van der Waals surface area contributed by atoms with Crippen LogP contribution in [0.2, 0.25) is 0 Å². The molecule has 0 aliphatic carbocycles. The van der Waals surface area contributed by atoms with Gasteiger partial charge in [-0.3, -0.25) is 0 Å². The maximum absolute atomic E-state index is 11.4. The summed E-state index contributed by atoms with van der Waals surface area (Å²) in [7, 11) is 1.34. The molecule has 0 radical (unpaired) electrons. The molecule has 1 saturated heterocycles. The number of piperidine rings is 1. The standard InChI is InChI=1S/C13H23N5O2/c1-13(2,14)9-17-6-4-10(5-7-17)18-8-11(15-16-18)12(19)20-3/h8,10H,4-7,9,14H2,1-3H3. The maximum atomic E-state index is 11.4. The molecule has 0 saturated carbocycles. The molecule has 1 aliphatic heterocycles. The van der Waals surface area contributed by atoms with Gasteiger partial charge in [-0.2, -0.15) is 0 Å². The lowest BCUT2D eigenvalue weighted by Gasteiger charge is -2.35. The number of aromatic nitrogens is 3. The van der Waals surface area contributed by atoms with E-state index in [0.29, 0.717) is 0 Å². The van der Waals surface area contributed by atoms with Crippen LogP contribution in [0.15, 0.2) is 6.20 Å². The molecule has 1 aromatic rings. The van der Waals surface area contributed by atoms with Gasteiger partial charge in [0.1, 0.15) is 0 Å². The molecule has 0 spiro atoms. The van der Waals surface area contributed by atoms with Crippen LogP contribution in [-0.4, -0.2) is 58.1 Å². The van der Waals surface area contributed by atoms with Crippen molar-refractivity contribution in [2.75, 3.05) is 26.7 Å². The summed E-state index contributed by atoms with van der Waals surface area (Å²) < 4.78 is 6.41. The van der Waals surface area contributed by atoms with Crippen LogP contribution in [-0.2, 0) is 4.74 Å². The molecule has 0 aromatic carbocycles. The Hall–Kier alpha value is -1.47. The van der Waals surface area contributed by atoms with Crippen LogP contribution in [0.4, 0.5) is 0 Å². The van der Waals surface area contributed by atoms with Gasteiger partial charge in [-0.05, 0) is 26.7 Å². The fraction of sp³-hybridized carbons (Fsp3) is 0.769. The van der Waals surface area contributed by atoms with Gasteiger partial charge < -0.3 is 15.4 Å². The SMILES string of the molecule is COC(=O)c1cn(C2CCN(CC(C)(C)N)CC2)nn1. The quantitative estimate of drug-likeness (QED) is 0.806. The van der Waals surface area contributed by atoms with Crippen molar-refractivity contribution in [2.45, 2.75) is 38.3 Å². The fourth-order valence-electron chi connectivity index (χ4n) is 2.57. The number of nitrogens with zero attached hydrogens (tertiary/aromatic N) is 4. The zero-order valence-electron chi connectivity index (χ0n) is 12.4. The summed E-state index contributed by atoms with van der Waals surface area (Å²) in [5.74, 6) is -0.446. The smallest absolute Gasteiger partial charge is 0.360 e. The summed E-state index contributed by atoms with van der Waals surface area (Å²) >= 11 is 0. The summed E-state index contributed by atoms with van der Waals surface area (Å²) in [5.41, 5.74) is 6.14. The number of hydrogen-bond acceptors (Lipinski definition) is 6. The second-order valence-corrected chi connectivity index (χ2v) is 6.07. The molecule has 7 heteroatoms. The highest BCUT2D eigenvalue weighted by Crippen LogP contribution is 2.22. The first-order valence-corrected chi connectivity index (χ1v) is 6.90. The first-order valence-electron chi connectivity index (χ1n) is 6.90. The molecular weight excluding hydrogens is 258 g/mol. The summed E-state index contributed by atoms with van der Waals surface area (Å²) in [6.07, 6.45) is 3.64. The number of carbonyl (C=O) groups excluding carboxylic acids is 1. The Morgan fingerprint density at radius 2 is 2.15 bits per heavy atom. The number of nitrogens with two attached hydrogens (primary N) is 1. The van der Waals surface area contributed by atoms with Crippen molar-refractivity contribution < 1.29 is 9.53 Å². The number of ether oxygens (including phenoxy) is 1. The molecule has 20 heavy (non-hydrogen) atoms. The Kier molecular flexibility index (Phi) is 4.39. The Balaban J connectivity index is 1.90. The molecular formula is C13H23N5O2. The topological polar surface area (TPSA) is 86.3 Å². The van der Waals surface area contributed by atoms with Crippen molar-refractivity contribution in [1.29, 1.82) is 0 Å². The van der Waals surface area contributed by atoms with Crippen molar-refractivity contribution in [1.82, 2.24) is 19.9 Å². The zero-order chi connectivity index (χ0) is 14.8. The van der Waals surface area contributed by atoms with E-state index in [0.717, 1.165) is 32.5 Å². The molecule has 1 fully saturated rings. The van der Waals surface area contributed by atoms with Crippen LogP contribution in [0.1, 0.15) is 43.2 Å². The average Bonchev–Trinajstić information content (AvgIpc) is 2.86. The number of carbonyl (C=O) groups is 1. The zero-order valence-corrected chi connectivity index (χ0v) is 12.4. The monoisotopic (exact) mass is 281 g/mol. The van der Waals surface area contributed by atoms with E-state index in [1.165, 1.54) is 7.11 Å². The van der Waals surface area contributed by atoms with Crippen molar-refractivity contribution in [3.8, 4) is 0 Å². The highest BCUT2D eigenvalue weighted by atomic mass is 16.5. The molecule has 1 aromatic heterocycles. The van der Waals surface area contributed by atoms with Gasteiger partial charge in [0.25, 0.3) is 0 Å². The van der Waals surface area contributed by atoms with Crippen LogP contribution in [0, 0.1) is 0 Å². The minimum Gasteiger partial charge on any atom is -0.464 e. The summed E-state index contributed by atoms with van der Waals surface area (Å²) in [6, 6.07) is 0.290. The number of esters is 1. The molecule has 0 amide bonds. The number of methoxy groups -OCH3 is 1. The Morgan fingerprint density at radius 1 is 1.50 bits per heavy atom. The second kappa shape index (κ2) is 5.88. The normalized spacial score (nSPS) is 18.2. The fourth-order valence-corrected chi connectivity index (χ4v) is 2.57. The summed E-state index contributed by atoms with van der Waals surface area (Å²) in [5, 5.41) is 7.88. The molecule has 0 unspecified atom stereocenters. The number of likely N-dealkylation sites (tertiary alicyclic amines) is 1. The predicted octanol–water partition coefficient (Wildman–Crippen LogP) is 0.439. The highest BCUT2D eigenvalue weighted by molar-refractivity contribution is 5.86. The van der Waals surface area contributed by atoms with Crippen LogP contribution in [0.3, 0.4) is 0 Å². The van der Waals surface area contributed by atoms with E-state index in [9.17, 15) is 4.79 Å². The van der Waals surface area contributed by atoms with Gasteiger partial charge in [-0.15, -0.1) is 5.10 Å². The van der Waals surface area contributed by atoms with Crippen LogP contribution >= 0.6 is 0 Å². The number of hydrogen-bond donors (Lipinski definition) is 1. The van der Waals surface area contributed by atoms with Crippen molar-refractivity contribution in [3.05, 3.63) is 11.9 Å². The van der Waals surface area contributed by atoms with E-state index in [2.05, 4.69) is 19.9 Å². The molecule has 2 heterocycles. The van der Waals surface area contributed by atoms with Gasteiger partial charge in [0, 0.05) is 25.2 Å². The molecule has 7 nitrogen and oxygen atoms in total. The average molecular weight is 281 g/mol. The minimum atomic E-state index is -0.446. The van der Waals surface area contributed by atoms with E-state index < -0.39 is 5.97 Å². The van der Waals surface area contributed by atoms with E-state index in [4.69, 9.17) is 5.73 Å². The molecule has 2 rings (SSSR count). The van der Waals surface area contributed by atoms with E-state index in [-0.39, 0.29) is 17.3 Å². The van der Waals surface area contributed by atoms with E-state index >= 15 is 0 Å². The van der Waals surface area contributed by atoms with E-state index in [1.807, 2.05) is 13.8 Å². The predicted molar refractivity (Wildman–Crippen MR) is 74.3 cm³/mol. The Labute approximate surface area is 119 Å². The molecule has 0 atom stereocenters. The van der Waals surface area contributed by atoms with Crippen LogP contribution in [0.25, 0.3) is 0 Å². The first kappa shape index (κ1) is 14.9. The summed E-state index contributed by atoms with van der Waals surface area (Å²) in [4.78, 5) is 13.7. The van der Waals surface area contributed by atoms with E-state index in [1.54, 1.807) is 10.9 Å². The maximum Gasteiger partial charge on any atom is 0.360 e. The lowest BCUT2D eigenvalue weighted by atomic mass is 10.0. The Bertz CT molecular complexity index is 458. The third kappa shape index (κ3) is 3.77. The van der Waals surface area contributed by atoms with Crippen LogP contribution < -0.4 is 5.73 Å². The lowest BCUT2D eigenvalue weighted by Crippen LogP contribution is -2.48. The van der Waals surface area contributed by atoms with Crippen molar-refractivity contribution in [2.24, 2.45) is 5.73 Å². The third-order valence-electron chi connectivity index (χ3n) is 3.47. The first-order chi connectivity index (χ1) is 9.39. The van der Waals surface area contributed by atoms with Gasteiger partial charge in [0.15, 0.2) is 5.69 Å². The molecule has 1 aliphatic rings. The van der Waals surface area contributed by atoms with Gasteiger partial charge in [0.2, 0.25) is 0 Å². The van der Waals surface area contributed by atoms with Gasteiger partial charge in [0.05, 0.1) is 19.3 Å². The lowest BCUT2D eigenvalue weighted by molar-refractivity contribution is 0.0594. The molecule has 112 valence electrons. The number of rotatable bonds is 4. The van der Waals surface area contributed by atoms with Crippen molar-refractivity contribution >= 4 is 5.97 Å². The minimum absolute atomic E-state index is 0.169. The largest absolute Gasteiger partial charge is 0.464 e. The van der Waals surface area contributed by atoms with Gasteiger partial charge >= 0.3 is 5.97 Å². The Morgan fingerprint density at radius 3 is 2.70 bits per heavy atom.